The molecule has 150 valence electrons. The molecule has 0 aliphatic heterocycles. The molecular weight excluding hydrogens is 360 g/mol. The van der Waals surface area contributed by atoms with Crippen LogP contribution in [0.25, 0.3) is 11.4 Å². The lowest BCUT2D eigenvalue weighted by atomic mass is 9.84. The van der Waals surface area contributed by atoms with Gasteiger partial charge in [-0.25, -0.2) is 4.98 Å². The Labute approximate surface area is 172 Å². The number of hydrogen-bond acceptors (Lipinski definition) is 3. The van der Waals surface area contributed by atoms with Gasteiger partial charge in [-0.2, -0.15) is 0 Å². The van der Waals surface area contributed by atoms with Crippen molar-refractivity contribution in [1.29, 1.82) is 0 Å². The van der Waals surface area contributed by atoms with Gasteiger partial charge in [-0.15, -0.1) is 0 Å². The van der Waals surface area contributed by atoms with E-state index in [9.17, 15) is 9.59 Å². The highest BCUT2D eigenvalue weighted by Crippen LogP contribution is 2.28. The minimum atomic E-state index is -0.315. The van der Waals surface area contributed by atoms with Crippen LogP contribution in [0.1, 0.15) is 68.1 Å². The highest BCUT2D eigenvalue weighted by Gasteiger charge is 2.19. The fourth-order valence-electron chi connectivity index (χ4n) is 3.41. The van der Waals surface area contributed by atoms with Crippen LogP contribution in [0.5, 0.6) is 0 Å². The standard InChI is InChI=1S/C25H28N2O2/c1-5-17(18-11-13-20(14-12-18)25(2,3)4)15-22(28)21-16-23(29)27-24(26-21)19-9-7-6-8-10-19/h6-14,16-17H,5,15H2,1-4H3,(H,26,27,29). The Hall–Kier alpha value is -3.01. The molecule has 0 aliphatic rings. The summed E-state index contributed by atoms with van der Waals surface area (Å²) in [5.74, 6) is 0.404. The summed E-state index contributed by atoms with van der Waals surface area (Å²) in [4.78, 5) is 32.2. The monoisotopic (exact) mass is 388 g/mol. The van der Waals surface area contributed by atoms with E-state index in [2.05, 4.69) is 61.9 Å². The SMILES string of the molecule is CCC(CC(=O)c1cc(=O)[nH]c(-c2ccccc2)n1)c1ccc(C(C)(C)C)cc1. The predicted octanol–water partition coefficient (Wildman–Crippen LogP) is 5.50. The summed E-state index contributed by atoms with van der Waals surface area (Å²) in [5, 5.41) is 0. The van der Waals surface area contributed by atoms with Crippen molar-refractivity contribution < 1.29 is 4.79 Å². The molecule has 3 rings (SSSR count). The van der Waals surface area contributed by atoms with Gasteiger partial charge >= 0.3 is 0 Å². The summed E-state index contributed by atoms with van der Waals surface area (Å²) in [6.45, 7) is 8.64. The zero-order valence-corrected chi connectivity index (χ0v) is 17.5. The molecule has 29 heavy (non-hydrogen) atoms. The van der Waals surface area contributed by atoms with Crippen LogP contribution >= 0.6 is 0 Å². The van der Waals surface area contributed by atoms with Crippen LogP contribution in [0.3, 0.4) is 0 Å². The number of nitrogens with zero attached hydrogens (tertiary/aromatic N) is 1. The van der Waals surface area contributed by atoms with Crippen LogP contribution in [-0.4, -0.2) is 15.8 Å². The van der Waals surface area contributed by atoms with E-state index < -0.39 is 0 Å². The van der Waals surface area contributed by atoms with E-state index in [-0.39, 0.29) is 28.4 Å². The van der Waals surface area contributed by atoms with Gasteiger partial charge in [0.2, 0.25) is 0 Å². The minimum absolute atomic E-state index is 0.0952. The number of carbonyl (C=O) groups excluding carboxylic acids is 1. The Balaban J connectivity index is 1.83. The number of aromatic nitrogens is 2. The third kappa shape index (κ3) is 5.08. The first-order valence-corrected chi connectivity index (χ1v) is 10.1. The van der Waals surface area contributed by atoms with Crippen molar-refractivity contribution >= 4 is 5.78 Å². The van der Waals surface area contributed by atoms with Gasteiger partial charge in [-0.3, -0.25) is 9.59 Å². The maximum atomic E-state index is 12.9. The Bertz CT molecular complexity index is 1030. The largest absolute Gasteiger partial charge is 0.306 e. The van der Waals surface area contributed by atoms with E-state index in [0.717, 1.165) is 17.5 Å². The van der Waals surface area contributed by atoms with Gasteiger partial charge in [-0.1, -0.05) is 82.3 Å². The zero-order chi connectivity index (χ0) is 21.0. The van der Waals surface area contributed by atoms with Crippen molar-refractivity contribution in [3.8, 4) is 11.4 Å². The second-order valence-corrected chi connectivity index (χ2v) is 8.45. The molecular formula is C25H28N2O2. The topological polar surface area (TPSA) is 62.8 Å². The van der Waals surface area contributed by atoms with Gasteiger partial charge in [0.1, 0.15) is 11.5 Å². The molecule has 0 fully saturated rings. The van der Waals surface area contributed by atoms with Gasteiger partial charge in [0, 0.05) is 18.1 Å². The zero-order valence-electron chi connectivity index (χ0n) is 17.5. The average Bonchev–Trinajstić information content (AvgIpc) is 2.71. The second-order valence-electron chi connectivity index (χ2n) is 8.45. The molecule has 0 aliphatic carbocycles. The Kier molecular flexibility index (Phi) is 6.12. The molecule has 0 saturated heterocycles. The second kappa shape index (κ2) is 8.56. The van der Waals surface area contributed by atoms with Gasteiger partial charge in [0.25, 0.3) is 5.56 Å². The molecule has 1 aromatic heterocycles. The fraction of sp³-hybridized carbons (Fsp3) is 0.320. The van der Waals surface area contributed by atoms with Crippen LogP contribution in [0.15, 0.2) is 65.5 Å². The highest BCUT2D eigenvalue weighted by molar-refractivity contribution is 5.95. The number of hydrogen-bond donors (Lipinski definition) is 1. The number of rotatable bonds is 6. The smallest absolute Gasteiger partial charge is 0.251 e. The molecule has 1 N–H and O–H groups in total. The molecule has 4 nitrogen and oxygen atoms in total. The molecule has 0 radical (unpaired) electrons. The van der Waals surface area contributed by atoms with Gasteiger partial charge < -0.3 is 4.98 Å². The van der Waals surface area contributed by atoms with E-state index in [1.54, 1.807) is 0 Å². The Morgan fingerprint density at radius 3 is 2.28 bits per heavy atom. The number of ketones is 1. The molecule has 1 heterocycles. The van der Waals surface area contributed by atoms with Crippen LogP contribution in [0.4, 0.5) is 0 Å². The predicted molar refractivity (Wildman–Crippen MR) is 117 cm³/mol. The fourth-order valence-corrected chi connectivity index (χ4v) is 3.41. The van der Waals surface area contributed by atoms with Crippen molar-refractivity contribution in [3.63, 3.8) is 0 Å². The quantitative estimate of drug-likeness (QED) is 0.567. The first-order chi connectivity index (χ1) is 13.8. The third-order valence-electron chi connectivity index (χ3n) is 5.25. The maximum absolute atomic E-state index is 12.9. The van der Waals surface area contributed by atoms with Crippen LogP contribution < -0.4 is 5.56 Å². The summed E-state index contributed by atoms with van der Waals surface area (Å²) >= 11 is 0. The first-order valence-electron chi connectivity index (χ1n) is 10.1. The van der Waals surface area contributed by atoms with E-state index in [0.29, 0.717) is 12.2 Å². The molecule has 2 aromatic carbocycles. The number of nitrogens with one attached hydrogen (secondary N) is 1. The summed E-state index contributed by atoms with van der Waals surface area (Å²) in [5.41, 5.74) is 3.19. The minimum Gasteiger partial charge on any atom is -0.306 e. The van der Waals surface area contributed by atoms with Crippen LogP contribution in [0, 0.1) is 0 Å². The number of Topliss-reactive ketones (excluding diaryl/α,β-unsaturated/α-hetero) is 1. The highest BCUT2D eigenvalue weighted by atomic mass is 16.1. The van der Waals surface area contributed by atoms with E-state index in [4.69, 9.17) is 0 Å². The lowest BCUT2D eigenvalue weighted by Crippen LogP contribution is -2.16. The Morgan fingerprint density at radius 2 is 1.69 bits per heavy atom. The number of H-pyrrole nitrogens is 1. The van der Waals surface area contributed by atoms with Crippen molar-refractivity contribution in [2.45, 2.75) is 51.9 Å². The molecule has 4 heteroatoms. The van der Waals surface area contributed by atoms with Crippen LogP contribution in [0.2, 0.25) is 0 Å². The lowest BCUT2D eigenvalue weighted by molar-refractivity contribution is 0.0967. The van der Waals surface area contributed by atoms with E-state index in [1.165, 1.54) is 11.6 Å². The average molecular weight is 389 g/mol. The summed E-state index contributed by atoms with van der Waals surface area (Å²) in [7, 11) is 0. The van der Waals surface area contributed by atoms with Crippen molar-refractivity contribution in [1.82, 2.24) is 9.97 Å². The summed E-state index contributed by atoms with van der Waals surface area (Å²) in [6, 6.07) is 19.2. The van der Waals surface area contributed by atoms with E-state index >= 15 is 0 Å². The summed E-state index contributed by atoms with van der Waals surface area (Å²) in [6.07, 6.45) is 1.17. The molecule has 3 aromatic rings. The third-order valence-corrected chi connectivity index (χ3v) is 5.25. The van der Waals surface area contributed by atoms with Gasteiger partial charge in [0.15, 0.2) is 5.78 Å². The molecule has 0 spiro atoms. The summed E-state index contributed by atoms with van der Waals surface area (Å²) < 4.78 is 0. The molecule has 1 atom stereocenters. The Morgan fingerprint density at radius 1 is 1.03 bits per heavy atom. The van der Waals surface area contributed by atoms with Gasteiger partial charge in [0.05, 0.1) is 0 Å². The van der Waals surface area contributed by atoms with Gasteiger partial charge in [-0.05, 0) is 28.9 Å². The number of carbonyl (C=O) groups is 1. The maximum Gasteiger partial charge on any atom is 0.251 e. The molecule has 1 unspecified atom stereocenters. The molecule has 0 bridgehead atoms. The molecule has 0 amide bonds. The van der Waals surface area contributed by atoms with Crippen molar-refractivity contribution in [2.24, 2.45) is 0 Å². The lowest BCUT2D eigenvalue weighted by Gasteiger charge is -2.21. The first kappa shape index (κ1) is 20.7. The number of aromatic amines is 1. The number of benzene rings is 2. The normalized spacial score (nSPS) is 12.6. The molecule has 0 saturated carbocycles. The van der Waals surface area contributed by atoms with E-state index in [1.807, 2.05) is 30.3 Å². The van der Waals surface area contributed by atoms with Crippen molar-refractivity contribution in [3.05, 3.63) is 87.8 Å². The van der Waals surface area contributed by atoms with Crippen LogP contribution in [-0.2, 0) is 5.41 Å². The van der Waals surface area contributed by atoms with Crippen molar-refractivity contribution in [2.75, 3.05) is 0 Å².